The summed E-state index contributed by atoms with van der Waals surface area (Å²) in [6, 6.07) is 15.9. The molecule has 0 unspecified atom stereocenters. The van der Waals surface area contributed by atoms with E-state index in [0.717, 1.165) is 21.4 Å². The van der Waals surface area contributed by atoms with Crippen molar-refractivity contribution in [3.63, 3.8) is 0 Å². The van der Waals surface area contributed by atoms with Crippen molar-refractivity contribution in [2.45, 2.75) is 10.6 Å². The van der Waals surface area contributed by atoms with Crippen molar-refractivity contribution in [1.82, 2.24) is 0 Å². The average molecular weight is 321 g/mol. The molecule has 2 aromatic carbocycles. The number of halogens is 1. The van der Waals surface area contributed by atoms with Crippen LogP contribution in [0.2, 0.25) is 0 Å². The van der Waals surface area contributed by atoms with Crippen LogP contribution in [-0.2, 0) is 5.75 Å². The SMILES string of the molecule is N=C(N)c1ccccc1CSc1ccccc1Br. The molecular weight excluding hydrogens is 308 g/mol. The lowest BCUT2D eigenvalue weighted by Crippen LogP contribution is -2.13. The minimum absolute atomic E-state index is 0.123. The standard InChI is InChI=1S/C14H13BrN2S/c15-12-7-3-4-8-13(12)18-9-10-5-1-2-6-11(10)14(16)17/h1-8H,9H2,(H3,16,17). The summed E-state index contributed by atoms with van der Waals surface area (Å²) < 4.78 is 1.09. The van der Waals surface area contributed by atoms with Crippen LogP contribution in [0.15, 0.2) is 57.9 Å². The monoisotopic (exact) mass is 320 g/mol. The lowest BCUT2D eigenvalue weighted by molar-refractivity contribution is 1.32. The van der Waals surface area contributed by atoms with Gasteiger partial charge >= 0.3 is 0 Å². The maximum absolute atomic E-state index is 7.56. The van der Waals surface area contributed by atoms with Crippen LogP contribution >= 0.6 is 27.7 Å². The lowest BCUT2D eigenvalue weighted by atomic mass is 10.1. The minimum atomic E-state index is 0.123. The zero-order valence-electron chi connectivity index (χ0n) is 9.69. The van der Waals surface area contributed by atoms with Crippen LogP contribution in [0.5, 0.6) is 0 Å². The van der Waals surface area contributed by atoms with E-state index in [1.54, 1.807) is 11.8 Å². The molecule has 4 heteroatoms. The highest BCUT2D eigenvalue weighted by atomic mass is 79.9. The number of nitrogens with one attached hydrogen (secondary N) is 1. The molecule has 0 spiro atoms. The molecule has 0 heterocycles. The van der Waals surface area contributed by atoms with Gasteiger partial charge in [-0.05, 0) is 33.6 Å². The molecule has 0 amide bonds. The van der Waals surface area contributed by atoms with Gasteiger partial charge in [0, 0.05) is 20.7 Å². The van der Waals surface area contributed by atoms with Crippen molar-refractivity contribution in [3.8, 4) is 0 Å². The molecule has 0 saturated carbocycles. The predicted octanol–water partition coefficient (Wildman–Crippen LogP) is 4.03. The van der Waals surface area contributed by atoms with Crippen molar-refractivity contribution in [2.75, 3.05) is 0 Å². The summed E-state index contributed by atoms with van der Waals surface area (Å²) in [7, 11) is 0. The van der Waals surface area contributed by atoms with E-state index >= 15 is 0 Å². The second-order valence-electron chi connectivity index (χ2n) is 3.79. The average Bonchev–Trinajstić information content (AvgIpc) is 2.38. The number of nitrogen functional groups attached to an aromatic ring is 1. The zero-order valence-corrected chi connectivity index (χ0v) is 12.1. The van der Waals surface area contributed by atoms with Crippen LogP contribution in [0, 0.1) is 5.41 Å². The molecule has 92 valence electrons. The topological polar surface area (TPSA) is 49.9 Å². The molecule has 0 aromatic heterocycles. The van der Waals surface area contributed by atoms with Gasteiger partial charge in [-0.2, -0.15) is 0 Å². The highest BCUT2D eigenvalue weighted by Crippen LogP contribution is 2.30. The fourth-order valence-corrected chi connectivity index (χ4v) is 3.20. The molecule has 18 heavy (non-hydrogen) atoms. The number of hydrogen-bond acceptors (Lipinski definition) is 2. The Morgan fingerprint density at radius 2 is 1.78 bits per heavy atom. The van der Waals surface area contributed by atoms with Crippen LogP contribution in [-0.4, -0.2) is 5.84 Å². The van der Waals surface area contributed by atoms with E-state index in [4.69, 9.17) is 11.1 Å². The fraction of sp³-hybridized carbons (Fsp3) is 0.0714. The number of amidine groups is 1. The van der Waals surface area contributed by atoms with Gasteiger partial charge in [0.25, 0.3) is 0 Å². The molecule has 0 radical (unpaired) electrons. The zero-order chi connectivity index (χ0) is 13.0. The number of rotatable bonds is 4. The van der Waals surface area contributed by atoms with Crippen LogP contribution in [0.1, 0.15) is 11.1 Å². The largest absolute Gasteiger partial charge is 0.384 e. The summed E-state index contributed by atoms with van der Waals surface area (Å²) in [4.78, 5) is 1.19. The smallest absolute Gasteiger partial charge is 0.123 e. The Morgan fingerprint density at radius 3 is 2.50 bits per heavy atom. The molecule has 0 aliphatic rings. The van der Waals surface area contributed by atoms with E-state index in [1.165, 1.54) is 4.90 Å². The van der Waals surface area contributed by atoms with Gasteiger partial charge in [0.15, 0.2) is 0 Å². The number of nitrogens with two attached hydrogens (primary N) is 1. The lowest BCUT2D eigenvalue weighted by Gasteiger charge is -2.08. The van der Waals surface area contributed by atoms with Crippen LogP contribution in [0.25, 0.3) is 0 Å². The first-order valence-electron chi connectivity index (χ1n) is 5.48. The third-order valence-corrected chi connectivity index (χ3v) is 4.60. The van der Waals surface area contributed by atoms with Crippen molar-refractivity contribution < 1.29 is 0 Å². The minimum Gasteiger partial charge on any atom is -0.384 e. The summed E-state index contributed by atoms with van der Waals surface area (Å²) in [6.07, 6.45) is 0. The van der Waals surface area contributed by atoms with Gasteiger partial charge in [-0.15, -0.1) is 11.8 Å². The third kappa shape index (κ3) is 3.15. The van der Waals surface area contributed by atoms with E-state index in [9.17, 15) is 0 Å². The summed E-state index contributed by atoms with van der Waals surface area (Å²) in [5, 5.41) is 7.56. The Hall–Kier alpha value is -1.26. The van der Waals surface area contributed by atoms with Gasteiger partial charge in [0.1, 0.15) is 5.84 Å². The van der Waals surface area contributed by atoms with Crippen molar-refractivity contribution in [1.29, 1.82) is 5.41 Å². The first kappa shape index (κ1) is 13.2. The van der Waals surface area contributed by atoms with E-state index in [-0.39, 0.29) is 5.84 Å². The van der Waals surface area contributed by atoms with Crippen LogP contribution in [0.4, 0.5) is 0 Å². The maximum Gasteiger partial charge on any atom is 0.123 e. The predicted molar refractivity (Wildman–Crippen MR) is 81.2 cm³/mol. The molecule has 0 aliphatic carbocycles. The Kier molecular flexibility index (Phi) is 4.44. The molecule has 0 atom stereocenters. The normalized spacial score (nSPS) is 10.3. The van der Waals surface area contributed by atoms with E-state index in [1.807, 2.05) is 42.5 Å². The Morgan fingerprint density at radius 1 is 1.11 bits per heavy atom. The van der Waals surface area contributed by atoms with Gasteiger partial charge in [-0.3, -0.25) is 5.41 Å². The van der Waals surface area contributed by atoms with E-state index in [0.29, 0.717) is 0 Å². The molecule has 2 nitrogen and oxygen atoms in total. The molecule has 2 rings (SSSR count). The maximum atomic E-state index is 7.56. The van der Waals surface area contributed by atoms with Crippen molar-refractivity contribution >= 4 is 33.5 Å². The summed E-state index contributed by atoms with van der Waals surface area (Å²) >= 11 is 5.26. The van der Waals surface area contributed by atoms with E-state index in [2.05, 4.69) is 22.0 Å². The third-order valence-electron chi connectivity index (χ3n) is 2.53. The summed E-state index contributed by atoms with van der Waals surface area (Å²) in [5.41, 5.74) is 7.48. The van der Waals surface area contributed by atoms with Gasteiger partial charge in [0.2, 0.25) is 0 Å². The molecule has 0 saturated heterocycles. The number of thioether (sulfide) groups is 1. The summed E-state index contributed by atoms with van der Waals surface area (Å²) in [6.45, 7) is 0. The van der Waals surface area contributed by atoms with Gasteiger partial charge in [0.05, 0.1) is 0 Å². The molecule has 0 fully saturated rings. The van der Waals surface area contributed by atoms with E-state index < -0.39 is 0 Å². The van der Waals surface area contributed by atoms with Crippen molar-refractivity contribution in [3.05, 3.63) is 64.1 Å². The molecule has 0 bridgehead atoms. The second-order valence-corrected chi connectivity index (χ2v) is 5.66. The highest BCUT2D eigenvalue weighted by molar-refractivity contribution is 9.10. The van der Waals surface area contributed by atoms with Gasteiger partial charge < -0.3 is 5.73 Å². The quantitative estimate of drug-likeness (QED) is 0.507. The Balaban J connectivity index is 2.16. The van der Waals surface area contributed by atoms with Gasteiger partial charge in [-0.1, -0.05) is 36.4 Å². The first-order valence-corrected chi connectivity index (χ1v) is 7.26. The van der Waals surface area contributed by atoms with Crippen molar-refractivity contribution in [2.24, 2.45) is 5.73 Å². The van der Waals surface area contributed by atoms with Gasteiger partial charge in [-0.25, -0.2) is 0 Å². The summed E-state index contributed by atoms with van der Waals surface area (Å²) in [5.74, 6) is 0.927. The second kappa shape index (κ2) is 6.07. The molecular formula is C14H13BrN2S. The molecule has 0 aliphatic heterocycles. The molecule has 3 N–H and O–H groups in total. The Labute approximate surface area is 119 Å². The Bertz CT molecular complexity index is 569. The molecule has 2 aromatic rings. The first-order chi connectivity index (χ1) is 8.68. The van der Waals surface area contributed by atoms with Crippen LogP contribution in [0.3, 0.4) is 0 Å². The number of benzene rings is 2. The fourth-order valence-electron chi connectivity index (χ4n) is 1.63. The highest BCUT2D eigenvalue weighted by Gasteiger charge is 2.06. The number of hydrogen-bond donors (Lipinski definition) is 2. The van der Waals surface area contributed by atoms with Crippen LogP contribution < -0.4 is 5.73 Å².